The summed E-state index contributed by atoms with van der Waals surface area (Å²) >= 11 is 0. The van der Waals surface area contributed by atoms with Crippen molar-refractivity contribution in [3.05, 3.63) is 42.4 Å². The maximum atomic E-state index is 12.2. The number of piperidine rings is 1. The predicted molar refractivity (Wildman–Crippen MR) is 108 cm³/mol. The Morgan fingerprint density at radius 2 is 1.67 bits per heavy atom. The van der Waals surface area contributed by atoms with Crippen molar-refractivity contribution < 1.29 is 4.79 Å². The van der Waals surface area contributed by atoms with E-state index in [0.717, 1.165) is 31.6 Å². The molecule has 4 rings (SSSR count). The summed E-state index contributed by atoms with van der Waals surface area (Å²) in [6.45, 7) is 2.28. The number of aromatic nitrogens is 2. The number of carbonyl (C=O) groups excluding carboxylic acids is 1. The second-order valence-corrected chi connectivity index (χ2v) is 7.46. The van der Waals surface area contributed by atoms with Crippen LogP contribution in [-0.4, -0.2) is 35.0 Å². The Labute approximate surface area is 160 Å². The van der Waals surface area contributed by atoms with Gasteiger partial charge in [-0.15, -0.1) is 0 Å². The Morgan fingerprint density at radius 1 is 0.926 bits per heavy atom. The molecule has 1 saturated carbocycles. The first kappa shape index (κ1) is 17.8. The molecule has 27 heavy (non-hydrogen) atoms. The van der Waals surface area contributed by atoms with E-state index in [9.17, 15) is 4.79 Å². The molecule has 0 atom stereocenters. The molecular weight excluding hydrogens is 338 g/mol. The highest BCUT2D eigenvalue weighted by atomic mass is 16.1. The second-order valence-electron chi connectivity index (χ2n) is 7.46. The minimum absolute atomic E-state index is 0.133. The van der Waals surface area contributed by atoms with Crippen LogP contribution in [0.15, 0.2) is 36.7 Å². The zero-order valence-corrected chi connectivity index (χ0v) is 15.7. The molecule has 2 aromatic rings. The van der Waals surface area contributed by atoms with Gasteiger partial charge in [0, 0.05) is 30.5 Å². The molecule has 1 aromatic carbocycles. The number of nitrogens with zero attached hydrogens (tertiary/aromatic N) is 3. The quantitative estimate of drug-likeness (QED) is 0.841. The van der Waals surface area contributed by atoms with E-state index in [4.69, 9.17) is 0 Å². The molecule has 1 amide bonds. The Balaban J connectivity index is 1.34. The van der Waals surface area contributed by atoms with Crippen LogP contribution in [0.25, 0.3) is 0 Å². The first-order valence-corrected chi connectivity index (χ1v) is 10.0. The lowest BCUT2D eigenvalue weighted by molar-refractivity contribution is 0.0932. The summed E-state index contributed by atoms with van der Waals surface area (Å²) in [6.07, 6.45) is 11.5. The number of nitrogens with one attached hydrogen (secondary N) is 2. The van der Waals surface area contributed by atoms with Crippen LogP contribution < -0.4 is 15.5 Å². The standard InChI is InChI=1S/C21H27N5O/c27-21(25-16-6-2-3-7-16)19-14-23-20(15-22-19)24-17-8-10-18(11-9-17)26-12-4-1-5-13-26/h8-11,14-16H,1-7,12-13H2,(H,23,24)(H,25,27). The molecule has 2 N–H and O–H groups in total. The van der Waals surface area contributed by atoms with Crippen molar-refractivity contribution in [3.8, 4) is 0 Å². The topological polar surface area (TPSA) is 70.2 Å². The van der Waals surface area contributed by atoms with E-state index >= 15 is 0 Å². The van der Waals surface area contributed by atoms with Crippen molar-refractivity contribution in [2.45, 2.75) is 51.0 Å². The minimum atomic E-state index is -0.133. The minimum Gasteiger partial charge on any atom is -0.372 e. The summed E-state index contributed by atoms with van der Waals surface area (Å²) in [5.74, 6) is 0.505. The fourth-order valence-corrected chi connectivity index (χ4v) is 3.89. The molecule has 6 nitrogen and oxygen atoms in total. The van der Waals surface area contributed by atoms with Crippen LogP contribution in [0.2, 0.25) is 0 Å². The van der Waals surface area contributed by atoms with E-state index in [-0.39, 0.29) is 11.9 Å². The molecule has 2 fully saturated rings. The van der Waals surface area contributed by atoms with E-state index in [2.05, 4.69) is 49.8 Å². The number of carbonyl (C=O) groups is 1. The number of hydrogen-bond acceptors (Lipinski definition) is 5. The third-order valence-corrected chi connectivity index (χ3v) is 5.44. The van der Waals surface area contributed by atoms with E-state index in [1.54, 1.807) is 6.20 Å². The fourth-order valence-electron chi connectivity index (χ4n) is 3.89. The molecular formula is C21H27N5O. The summed E-state index contributed by atoms with van der Waals surface area (Å²) in [5.41, 5.74) is 2.60. The number of amides is 1. The summed E-state index contributed by atoms with van der Waals surface area (Å²) in [7, 11) is 0. The summed E-state index contributed by atoms with van der Waals surface area (Å²) in [5, 5.41) is 6.28. The molecule has 6 heteroatoms. The van der Waals surface area contributed by atoms with Crippen LogP contribution in [0.1, 0.15) is 55.4 Å². The van der Waals surface area contributed by atoms with Gasteiger partial charge in [-0.3, -0.25) is 4.79 Å². The fraction of sp³-hybridized carbons (Fsp3) is 0.476. The van der Waals surface area contributed by atoms with Gasteiger partial charge < -0.3 is 15.5 Å². The van der Waals surface area contributed by atoms with Gasteiger partial charge in [0.2, 0.25) is 0 Å². The van der Waals surface area contributed by atoms with Crippen molar-refractivity contribution in [2.24, 2.45) is 0 Å². The maximum Gasteiger partial charge on any atom is 0.271 e. The van der Waals surface area contributed by atoms with Crippen molar-refractivity contribution in [1.29, 1.82) is 0 Å². The maximum absolute atomic E-state index is 12.2. The first-order chi connectivity index (χ1) is 13.3. The molecule has 2 aliphatic rings. The van der Waals surface area contributed by atoms with Gasteiger partial charge in [-0.05, 0) is 56.4 Å². The van der Waals surface area contributed by atoms with Gasteiger partial charge in [0.05, 0.1) is 12.4 Å². The third-order valence-electron chi connectivity index (χ3n) is 5.44. The van der Waals surface area contributed by atoms with Crippen molar-refractivity contribution in [1.82, 2.24) is 15.3 Å². The molecule has 0 unspecified atom stereocenters. The average Bonchev–Trinajstić information content (AvgIpc) is 3.23. The third kappa shape index (κ3) is 4.56. The molecule has 1 aliphatic carbocycles. The molecule has 1 saturated heterocycles. The van der Waals surface area contributed by atoms with Crippen molar-refractivity contribution in [3.63, 3.8) is 0 Å². The molecule has 0 radical (unpaired) electrons. The van der Waals surface area contributed by atoms with Crippen LogP contribution in [0.5, 0.6) is 0 Å². The zero-order chi connectivity index (χ0) is 18.5. The van der Waals surface area contributed by atoms with E-state index in [0.29, 0.717) is 11.5 Å². The predicted octanol–water partition coefficient (Wildman–Crippen LogP) is 3.88. The highest BCUT2D eigenvalue weighted by Crippen LogP contribution is 2.23. The van der Waals surface area contributed by atoms with Gasteiger partial charge in [0.1, 0.15) is 11.5 Å². The van der Waals surface area contributed by atoms with Gasteiger partial charge in [-0.1, -0.05) is 12.8 Å². The number of hydrogen-bond donors (Lipinski definition) is 2. The summed E-state index contributed by atoms with van der Waals surface area (Å²) < 4.78 is 0. The second kappa shape index (κ2) is 8.37. The van der Waals surface area contributed by atoms with Crippen molar-refractivity contribution >= 4 is 23.1 Å². The van der Waals surface area contributed by atoms with Crippen LogP contribution in [0.3, 0.4) is 0 Å². The smallest absolute Gasteiger partial charge is 0.271 e. The number of benzene rings is 1. The monoisotopic (exact) mass is 365 g/mol. The van der Waals surface area contributed by atoms with Crippen LogP contribution >= 0.6 is 0 Å². The largest absolute Gasteiger partial charge is 0.372 e. The Morgan fingerprint density at radius 3 is 2.33 bits per heavy atom. The molecule has 0 spiro atoms. The van der Waals surface area contributed by atoms with Gasteiger partial charge >= 0.3 is 0 Å². The lowest BCUT2D eigenvalue weighted by Gasteiger charge is -2.28. The van der Waals surface area contributed by atoms with Crippen molar-refractivity contribution in [2.75, 3.05) is 23.3 Å². The van der Waals surface area contributed by atoms with Gasteiger partial charge in [0.25, 0.3) is 5.91 Å². The molecule has 0 bridgehead atoms. The lowest BCUT2D eigenvalue weighted by atomic mass is 10.1. The summed E-state index contributed by atoms with van der Waals surface area (Å²) in [4.78, 5) is 23.3. The average molecular weight is 365 g/mol. The number of rotatable bonds is 5. The lowest BCUT2D eigenvalue weighted by Crippen LogP contribution is -2.33. The first-order valence-electron chi connectivity index (χ1n) is 10.0. The Hall–Kier alpha value is -2.63. The van der Waals surface area contributed by atoms with Crippen LogP contribution in [-0.2, 0) is 0 Å². The van der Waals surface area contributed by atoms with Crippen LogP contribution in [0, 0.1) is 0 Å². The van der Waals surface area contributed by atoms with Gasteiger partial charge in [0.15, 0.2) is 0 Å². The van der Waals surface area contributed by atoms with Gasteiger partial charge in [-0.2, -0.15) is 0 Å². The SMILES string of the molecule is O=C(NC1CCCC1)c1cnc(Nc2ccc(N3CCCCC3)cc2)cn1. The highest BCUT2D eigenvalue weighted by molar-refractivity contribution is 5.92. The van der Waals surface area contributed by atoms with Crippen LogP contribution in [0.4, 0.5) is 17.2 Å². The normalized spacial score (nSPS) is 17.7. The molecule has 1 aromatic heterocycles. The van der Waals surface area contributed by atoms with E-state index < -0.39 is 0 Å². The molecule has 2 heterocycles. The molecule has 142 valence electrons. The highest BCUT2D eigenvalue weighted by Gasteiger charge is 2.18. The van der Waals surface area contributed by atoms with E-state index in [1.807, 2.05) is 0 Å². The van der Waals surface area contributed by atoms with E-state index in [1.165, 1.54) is 44.0 Å². The van der Waals surface area contributed by atoms with Gasteiger partial charge in [-0.25, -0.2) is 9.97 Å². The Kier molecular flexibility index (Phi) is 5.51. The molecule has 1 aliphatic heterocycles. The number of anilines is 3. The summed E-state index contributed by atoms with van der Waals surface area (Å²) in [6, 6.07) is 8.70. The zero-order valence-electron chi connectivity index (χ0n) is 15.7. The Bertz CT molecular complexity index is 747.